The van der Waals surface area contributed by atoms with Gasteiger partial charge in [-0.1, -0.05) is 12.1 Å². The van der Waals surface area contributed by atoms with Crippen LogP contribution in [0.15, 0.2) is 24.3 Å². The van der Waals surface area contributed by atoms with Crippen LogP contribution in [0, 0.1) is 5.92 Å². The second-order valence-electron chi connectivity index (χ2n) is 5.53. The summed E-state index contributed by atoms with van der Waals surface area (Å²) >= 11 is 0. The van der Waals surface area contributed by atoms with Crippen LogP contribution in [0.25, 0.3) is 0 Å². The smallest absolute Gasteiger partial charge is 0.252 e. The fourth-order valence-electron chi connectivity index (χ4n) is 2.60. The zero-order valence-corrected chi connectivity index (χ0v) is 12.2. The van der Waals surface area contributed by atoms with Crippen molar-refractivity contribution in [3.63, 3.8) is 0 Å². The van der Waals surface area contributed by atoms with E-state index in [1.165, 1.54) is 0 Å². The fraction of sp³-hybridized carbons (Fsp3) is 0.562. The molecule has 1 amide bonds. The van der Waals surface area contributed by atoms with Gasteiger partial charge < -0.3 is 19.5 Å². The molecule has 2 fully saturated rings. The molecule has 1 aliphatic carbocycles. The SMILES string of the molecule is COc1ccc([C@@H](NC(=O)[C@H]2COCCO2)C2CC2)cc1. The van der Waals surface area contributed by atoms with Crippen LogP contribution in [0.1, 0.15) is 24.4 Å². The maximum absolute atomic E-state index is 12.3. The summed E-state index contributed by atoms with van der Waals surface area (Å²) in [6.45, 7) is 1.38. The Morgan fingerprint density at radius 1 is 1.29 bits per heavy atom. The molecule has 3 rings (SSSR count). The molecule has 21 heavy (non-hydrogen) atoms. The van der Waals surface area contributed by atoms with Crippen LogP contribution in [0.4, 0.5) is 0 Å². The van der Waals surface area contributed by atoms with Crippen molar-refractivity contribution in [3.05, 3.63) is 29.8 Å². The van der Waals surface area contributed by atoms with Crippen LogP contribution in [0.5, 0.6) is 5.75 Å². The number of carbonyl (C=O) groups excluding carboxylic acids is 1. The molecule has 0 radical (unpaired) electrons. The molecule has 1 saturated carbocycles. The molecule has 1 aromatic rings. The number of hydrogen-bond acceptors (Lipinski definition) is 4. The standard InChI is InChI=1S/C16H21NO4/c1-19-13-6-4-12(5-7-13)15(11-2-3-11)17-16(18)14-10-20-8-9-21-14/h4-7,11,14-15H,2-3,8-10H2,1H3,(H,17,18)/t14-,15+/m1/s1. The lowest BCUT2D eigenvalue weighted by atomic mass is 10.0. The Kier molecular flexibility index (Phi) is 4.41. The number of carbonyl (C=O) groups is 1. The molecule has 1 aliphatic heterocycles. The second-order valence-corrected chi connectivity index (χ2v) is 5.53. The van der Waals surface area contributed by atoms with Gasteiger partial charge in [-0.25, -0.2) is 0 Å². The maximum atomic E-state index is 12.3. The van der Waals surface area contributed by atoms with Crippen LogP contribution < -0.4 is 10.1 Å². The van der Waals surface area contributed by atoms with E-state index >= 15 is 0 Å². The van der Waals surface area contributed by atoms with E-state index in [9.17, 15) is 4.79 Å². The Hall–Kier alpha value is -1.59. The van der Waals surface area contributed by atoms with E-state index < -0.39 is 6.10 Å². The molecule has 1 heterocycles. The van der Waals surface area contributed by atoms with E-state index in [0.29, 0.717) is 25.7 Å². The third-order valence-electron chi connectivity index (χ3n) is 3.97. The quantitative estimate of drug-likeness (QED) is 0.896. The summed E-state index contributed by atoms with van der Waals surface area (Å²) in [6.07, 6.45) is 1.82. The van der Waals surface area contributed by atoms with Gasteiger partial charge in [0.25, 0.3) is 5.91 Å². The minimum atomic E-state index is -0.488. The van der Waals surface area contributed by atoms with Crippen molar-refractivity contribution < 1.29 is 19.0 Å². The van der Waals surface area contributed by atoms with Gasteiger partial charge in [-0.15, -0.1) is 0 Å². The summed E-state index contributed by atoms with van der Waals surface area (Å²) in [5.74, 6) is 1.26. The van der Waals surface area contributed by atoms with Crippen molar-refractivity contribution in [3.8, 4) is 5.75 Å². The van der Waals surface area contributed by atoms with Gasteiger partial charge in [0, 0.05) is 0 Å². The van der Waals surface area contributed by atoms with Crippen molar-refractivity contribution in [2.45, 2.75) is 25.0 Å². The van der Waals surface area contributed by atoms with Crippen LogP contribution in [-0.4, -0.2) is 38.9 Å². The number of benzene rings is 1. The first-order chi connectivity index (χ1) is 10.3. The Balaban J connectivity index is 1.67. The fourth-order valence-corrected chi connectivity index (χ4v) is 2.60. The monoisotopic (exact) mass is 291 g/mol. The highest BCUT2D eigenvalue weighted by Crippen LogP contribution is 2.41. The van der Waals surface area contributed by atoms with E-state index in [4.69, 9.17) is 14.2 Å². The molecule has 1 N–H and O–H groups in total. The highest BCUT2D eigenvalue weighted by atomic mass is 16.6. The minimum absolute atomic E-state index is 0.0499. The lowest BCUT2D eigenvalue weighted by Gasteiger charge is -2.25. The summed E-state index contributed by atoms with van der Waals surface area (Å²) in [6, 6.07) is 7.93. The number of hydrogen-bond donors (Lipinski definition) is 1. The number of ether oxygens (including phenoxy) is 3. The summed E-state index contributed by atoms with van der Waals surface area (Å²) in [4.78, 5) is 12.3. The lowest BCUT2D eigenvalue weighted by molar-refractivity contribution is -0.148. The molecule has 5 nitrogen and oxygen atoms in total. The van der Waals surface area contributed by atoms with E-state index in [-0.39, 0.29) is 11.9 Å². The Bertz CT molecular complexity index is 478. The summed E-state index contributed by atoms with van der Waals surface area (Å²) in [5, 5.41) is 3.12. The highest BCUT2D eigenvalue weighted by molar-refractivity contribution is 5.81. The molecule has 5 heteroatoms. The van der Waals surface area contributed by atoms with Crippen LogP contribution in [-0.2, 0) is 14.3 Å². The molecule has 0 bridgehead atoms. The Morgan fingerprint density at radius 3 is 2.62 bits per heavy atom. The summed E-state index contributed by atoms with van der Waals surface area (Å²) < 4.78 is 15.9. The predicted molar refractivity (Wildman–Crippen MR) is 77.2 cm³/mol. The van der Waals surface area contributed by atoms with Crippen LogP contribution >= 0.6 is 0 Å². The van der Waals surface area contributed by atoms with Gasteiger partial charge in [0.15, 0.2) is 6.10 Å². The lowest BCUT2D eigenvalue weighted by Crippen LogP contribution is -2.44. The van der Waals surface area contributed by atoms with Crippen molar-refractivity contribution in [2.24, 2.45) is 5.92 Å². The first-order valence-corrected chi connectivity index (χ1v) is 7.41. The maximum Gasteiger partial charge on any atom is 0.252 e. The molecule has 0 aromatic heterocycles. The normalized spacial score (nSPS) is 23.4. The molecular weight excluding hydrogens is 270 g/mol. The van der Waals surface area contributed by atoms with Gasteiger partial charge in [-0.05, 0) is 36.5 Å². The van der Waals surface area contributed by atoms with Crippen molar-refractivity contribution >= 4 is 5.91 Å². The molecule has 2 aliphatic rings. The van der Waals surface area contributed by atoms with Crippen molar-refractivity contribution in [1.82, 2.24) is 5.32 Å². The topological polar surface area (TPSA) is 56.8 Å². The van der Waals surface area contributed by atoms with Gasteiger partial charge in [-0.2, -0.15) is 0 Å². The first-order valence-electron chi connectivity index (χ1n) is 7.41. The van der Waals surface area contributed by atoms with Crippen molar-refractivity contribution in [2.75, 3.05) is 26.9 Å². The van der Waals surface area contributed by atoms with Gasteiger partial charge in [-0.3, -0.25) is 4.79 Å². The van der Waals surface area contributed by atoms with Crippen LogP contribution in [0.3, 0.4) is 0 Å². The van der Waals surface area contributed by atoms with Crippen molar-refractivity contribution in [1.29, 1.82) is 0 Å². The average Bonchev–Trinajstić information content (AvgIpc) is 3.38. The molecular formula is C16H21NO4. The minimum Gasteiger partial charge on any atom is -0.497 e. The molecule has 0 unspecified atom stereocenters. The zero-order valence-electron chi connectivity index (χ0n) is 12.2. The molecule has 0 spiro atoms. The average molecular weight is 291 g/mol. The van der Waals surface area contributed by atoms with E-state index in [0.717, 1.165) is 24.2 Å². The molecule has 1 saturated heterocycles. The van der Waals surface area contributed by atoms with Gasteiger partial charge in [0.2, 0.25) is 0 Å². The third-order valence-corrected chi connectivity index (χ3v) is 3.97. The Morgan fingerprint density at radius 2 is 2.05 bits per heavy atom. The van der Waals surface area contributed by atoms with E-state index in [1.54, 1.807) is 7.11 Å². The third kappa shape index (κ3) is 3.54. The van der Waals surface area contributed by atoms with E-state index in [1.807, 2.05) is 24.3 Å². The van der Waals surface area contributed by atoms with Gasteiger partial charge in [0.05, 0.1) is 33.0 Å². The molecule has 114 valence electrons. The second kappa shape index (κ2) is 6.45. The number of amides is 1. The van der Waals surface area contributed by atoms with Gasteiger partial charge >= 0.3 is 0 Å². The van der Waals surface area contributed by atoms with E-state index in [2.05, 4.69) is 5.32 Å². The summed E-state index contributed by atoms with van der Waals surface area (Å²) in [5.41, 5.74) is 1.11. The van der Waals surface area contributed by atoms with Gasteiger partial charge in [0.1, 0.15) is 5.75 Å². The van der Waals surface area contributed by atoms with Crippen LogP contribution in [0.2, 0.25) is 0 Å². The Labute approximate surface area is 124 Å². The number of rotatable bonds is 5. The molecule has 1 aromatic carbocycles. The predicted octanol–water partition coefficient (Wildman–Crippen LogP) is 1.68. The number of methoxy groups -OCH3 is 1. The number of nitrogens with one attached hydrogen (secondary N) is 1. The largest absolute Gasteiger partial charge is 0.497 e. The highest BCUT2D eigenvalue weighted by Gasteiger charge is 2.35. The zero-order chi connectivity index (χ0) is 14.7. The first kappa shape index (κ1) is 14.4. The summed E-state index contributed by atoms with van der Waals surface area (Å²) in [7, 11) is 1.65. The molecule has 2 atom stereocenters.